The standard InChI is InChI=1S/C16H16N4/c1-11-6-7-15(12(2)9-11)20-10-13(17)16(19-20)14-5-3-4-8-18-14/h3-10H,17H2,1-2H3. The Morgan fingerprint density at radius 1 is 1.10 bits per heavy atom. The minimum absolute atomic E-state index is 0.628. The number of anilines is 1. The molecule has 3 aromatic rings. The van der Waals surface area contributed by atoms with Gasteiger partial charge in [0.25, 0.3) is 0 Å². The third-order valence-electron chi connectivity index (χ3n) is 3.25. The van der Waals surface area contributed by atoms with E-state index in [1.54, 1.807) is 6.20 Å². The molecule has 0 unspecified atom stereocenters. The van der Waals surface area contributed by atoms with Crippen LogP contribution in [-0.4, -0.2) is 14.8 Å². The summed E-state index contributed by atoms with van der Waals surface area (Å²) in [5, 5.41) is 4.57. The molecular weight excluding hydrogens is 248 g/mol. The first-order chi connectivity index (χ1) is 9.65. The molecule has 4 nitrogen and oxygen atoms in total. The number of rotatable bonds is 2. The van der Waals surface area contributed by atoms with Crippen LogP contribution in [0.2, 0.25) is 0 Å². The smallest absolute Gasteiger partial charge is 0.134 e. The molecule has 100 valence electrons. The number of nitrogens with zero attached hydrogens (tertiary/aromatic N) is 3. The Morgan fingerprint density at radius 3 is 2.65 bits per heavy atom. The van der Waals surface area contributed by atoms with E-state index >= 15 is 0 Å². The van der Waals surface area contributed by atoms with Gasteiger partial charge in [0.15, 0.2) is 0 Å². The fourth-order valence-electron chi connectivity index (χ4n) is 2.28. The van der Waals surface area contributed by atoms with E-state index in [-0.39, 0.29) is 0 Å². The molecule has 2 heterocycles. The Balaban J connectivity index is 2.09. The molecule has 0 saturated carbocycles. The number of nitrogens with two attached hydrogens (primary N) is 1. The van der Waals surface area contributed by atoms with Crippen LogP contribution >= 0.6 is 0 Å². The highest BCUT2D eigenvalue weighted by atomic mass is 15.3. The molecule has 2 aromatic heterocycles. The van der Waals surface area contributed by atoms with Gasteiger partial charge >= 0.3 is 0 Å². The van der Waals surface area contributed by atoms with E-state index < -0.39 is 0 Å². The molecule has 0 aliphatic rings. The quantitative estimate of drug-likeness (QED) is 0.773. The lowest BCUT2D eigenvalue weighted by Crippen LogP contribution is -1.98. The lowest BCUT2D eigenvalue weighted by molar-refractivity contribution is 0.874. The zero-order valence-electron chi connectivity index (χ0n) is 11.5. The second-order valence-electron chi connectivity index (χ2n) is 4.88. The maximum absolute atomic E-state index is 6.07. The summed E-state index contributed by atoms with van der Waals surface area (Å²) in [6, 6.07) is 12.0. The van der Waals surface area contributed by atoms with Crippen LogP contribution in [0, 0.1) is 13.8 Å². The van der Waals surface area contributed by atoms with Crippen LogP contribution in [-0.2, 0) is 0 Å². The maximum Gasteiger partial charge on any atom is 0.134 e. The summed E-state index contributed by atoms with van der Waals surface area (Å²) in [7, 11) is 0. The SMILES string of the molecule is Cc1ccc(-n2cc(N)c(-c3ccccn3)n2)c(C)c1. The van der Waals surface area contributed by atoms with Crippen molar-refractivity contribution >= 4 is 5.69 Å². The summed E-state index contributed by atoms with van der Waals surface area (Å²) in [6.45, 7) is 4.15. The fraction of sp³-hybridized carbons (Fsp3) is 0.125. The van der Waals surface area contributed by atoms with Crippen LogP contribution in [0.5, 0.6) is 0 Å². The molecule has 0 aliphatic carbocycles. The van der Waals surface area contributed by atoms with Gasteiger partial charge in [-0.3, -0.25) is 4.98 Å². The normalized spacial score (nSPS) is 10.7. The first-order valence-electron chi connectivity index (χ1n) is 6.49. The van der Waals surface area contributed by atoms with Gasteiger partial charge in [0.1, 0.15) is 5.69 Å². The summed E-state index contributed by atoms with van der Waals surface area (Å²) >= 11 is 0. The van der Waals surface area contributed by atoms with Gasteiger partial charge in [0.2, 0.25) is 0 Å². The third-order valence-corrected chi connectivity index (χ3v) is 3.25. The number of aromatic nitrogens is 3. The largest absolute Gasteiger partial charge is 0.396 e. The number of pyridine rings is 1. The second-order valence-corrected chi connectivity index (χ2v) is 4.88. The molecule has 2 N–H and O–H groups in total. The van der Waals surface area contributed by atoms with Crippen molar-refractivity contribution < 1.29 is 0 Å². The minimum atomic E-state index is 0.628. The van der Waals surface area contributed by atoms with Crippen LogP contribution in [0.15, 0.2) is 48.8 Å². The van der Waals surface area contributed by atoms with Gasteiger partial charge in [0.05, 0.1) is 23.3 Å². The van der Waals surface area contributed by atoms with Crippen molar-refractivity contribution in [1.82, 2.24) is 14.8 Å². The van der Waals surface area contributed by atoms with Crippen LogP contribution < -0.4 is 5.73 Å². The van der Waals surface area contributed by atoms with Crippen LogP contribution in [0.4, 0.5) is 5.69 Å². The van der Waals surface area contributed by atoms with Gasteiger partial charge in [-0.1, -0.05) is 23.8 Å². The first-order valence-corrected chi connectivity index (χ1v) is 6.49. The first kappa shape index (κ1) is 12.4. The van der Waals surface area contributed by atoms with Gasteiger partial charge in [-0.05, 0) is 37.6 Å². The van der Waals surface area contributed by atoms with Crippen molar-refractivity contribution in [2.24, 2.45) is 0 Å². The minimum Gasteiger partial charge on any atom is -0.396 e. The fourth-order valence-corrected chi connectivity index (χ4v) is 2.28. The van der Waals surface area contributed by atoms with Gasteiger partial charge in [-0.25, -0.2) is 4.68 Å². The molecule has 0 radical (unpaired) electrons. The zero-order valence-corrected chi connectivity index (χ0v) is 11.5. The number of hydrogen-bond acceptors (Lipinski definition) is 3. The molecule has 1 aromatic carbocycles. The van der Waals surface area contributed by atoms with Crippen molar-refractivity contribution in [3.05, 3.63) is 59.9 Å². The van der Waals surface area contributed by atoms with Gasteiger partial charge in [-0.2, -0.15) is 5.10 Å². The Bertz CT molecular complexity index is 744. The summed E-state index contributed by atoms with van der Waals surface area (Å²) in [6.07, 6.45) is 3.58. The molecule has 0 atom stereocenters. The average molecular weight is 264 g/mol. The zero-order chi connectivity index (χ0) is 14.1. The second kappa shape index (κ2) is 4.81. The van der Waals surface area contributed by atoms with E-state index in [0.29, 0.717) is 11.4 Å². The predicted molar refractivity (Wildman–Crippen MR) is 80.7 cm³/mol. The van der Waals surface area contributed by atoms with Crippen molar-refractivity contribution in [2.45, 2.75) is 13.8 Å². The van der Waals surface area contributed by atoms with Crippen molar-refractivity contribution in [2.75, 3.05) is 5.73 Å². The van der Waals surface area contributed by atoms with Crippen molar-refractivity contribution in [3.8, 4) is 17.1 Å². The van der Waals surface area contributed by atoms with E-state index in [1.807, 2.05) is 29.1 Å². The summed E-state index contributed by atoms with van der Waals surface area (Å²) in [4.78, 5) is 4.30. The Hall–Kier alpha value is -2.62. The number of benzene rings is 1. The number of nitrogen functional groups attached to an aromatic ring is 1. The highest BCUT2D eigenvalue weighted by Gasteiger charge is 2.11. The number of aryl methyl sites for hydroxylation is 2. The van der Waals surface area contributed by atoms with Crippen LogP contribution in [0.3, 0.4) is 0 Å². The maximum atomic E-state index is 6.07. The number of hydrogen-bond donors (Lipinski definition) is 1. The Morgan fingerprint density at radius 2 is 1.95 bits per heavy atom. The summed E-state index contributed by atoms with van der Waals surface area (Å²) < 4.78 is 1.81. The molecule has 0 fully saturated rings. The van der Waals surface area contributed by atoms with Gasteiger partial charge < -0.3 is 5.73 Å². The summed E-state index contributed by atoms with van der Waals surface area (Å²) in [5.74, 6) is 0. The third kappa shape index (κ3) is 2.16. The molecule has 0 saturated heterocycles. The van der Waals surface area contributed by atoms with Crippen LogP contribution in [0.1, 0.15) is 11.1 Å². The van der Waals surface area contributed by atoms with E-state index in [1.165, 1.54) is 11.1 Å². The Kier molecular flexibility index (Phi) is 2.99. The highest BCUT2D eigenvalue weighted by molar-refractivity contribution is 5.69. The molecular formula is C16H16N4. The lowest BCUT2D eigenvalue weighted by Gasteiger charge is -2.06. The molecule has 3 rings (SSSR count). The molecule has 20 heavy (non-hydrogen) atoms. The van der Waals surface area contributed by atoms with E-state index in [2.05, 4.69) is 42.1 Å². The topological polar surface area (TPSA) is 56.7 Å². The van der Waals surface area contributed by atoms with E-state index in [4.69, 9.17) is 5.73 Å². The molecule has 0 bridgehead atoms. The molecule has 0 aliphatic heterocycles. The van der Waals surface area contributed by atoms with Gasteiger partial charge in [-0.15, -0.1) is 0 Å². The monoisotopic (exact) mass is 264 g/mol. The molecule has 4 heteroatoms. The van der Waals surface area contributed by atoms with Crippen LogP contribution in [0.25, 0.3) is 17.1 Å². The van der Waals surface area contributed by atoms with E-state index in [9.17, 15) is 0 Å². The molecule has 0 amide bonds. The van der Waals surface area contributed by atoms with Gasteiger partial charge in [0, 0.05) is 6.20 Å². The lowest BCUT2D eigenvalue weighted by atomic mass is 10.1. The highest BCUT2D eigenvalue weighted by Crippen LogP contribution is 2.24. The summed E-state index contributed by atoms with van der Waals surface area (Å²) in [5.41, 5.74) is 11.6. The molecule has 0 spiro atoms. The van der Waals surface area contributed by atoms with Crippen molar-refractivity contribution in [3.63, 3.8) is 0 Å². The Labute approximate surface area is 117 Å². The van der Waals surface area contributed by atoms with E-state index in [0.717, 1.165) is 11.4 Å². The predicted octanol–water partition coefficient (Wildman–Crippen LogP) is 3.13. The average Bonchev–Trinajstić information content (AvgIpc) is 2.81. The van der Waals surface area contributed by atoms with Crippen molar-refractivity contribution in [1.29, 1.82) is 0 Å².